The van der Waals surface area contributed by atoms with Crippen LogP contribution in [0.2, 0.25) is 10.0 Å². The summed E-state index contributed by atoms with van der Waals surface area (Å²) >= 11 is 12.1. The lowest BCUT2D eigenvalue weighted by Crippen LogP contribution is -1.95. The zero-order valence-corrected chi connectivity index (χ0v) is 14.4. The van der Waals surface area contributed by atoms with E-state index >= 15 is 0 Å². The summed E-state index contributed by atoms with van der Waals surface area (Å²) in [6, 6.07) is 14.4. The molecule has 1 aromatic heterocycles. The van der Waals surface area contributed by atoms with Gasteiger partial charge in [0, 0.05) is 10.9 Å². The molecule has 6 heteroatoms. The number of ether oxygens (including phenoxy) is 1. The molecule has 0 fully saturated rings. The molecule has 0 aliphatic carbocycles. The summed E-state index contributed by atoms with van der Waals surface area (Å²) < 4.78 is 5.39. The molecule has 0 aliphatic heterocycles. The van der Waals surface area contributed by atoms with Crippen LogP contribution in [-0.2, 0) is 0 Å². The smallest absolute Gasteiger partial charge is 0.174 e. The SMILES string of the molecule is N#CCOc1ccccc1/C=C/c1ccc2c(Cl)cc(Cl)c(O)c2n1. The zero-order valence-electron chi connectivity index (χ0n) is 12.9. The first-order valence-corrected chi connectivity index (χ1v) is 8.10. The second-order valence-corrected chi connectivity index (χ2v) is 5.95. The largest absolute Gasteiger partial charge is 0.504 e. The van der Waals surface area contributed by atoms with Gasteiger partial charge in [0.25, 0.3) is 0 Å². The van der Waals surface area contributed by atoms with Crippen LogP contribution < -0.4 is 4.74 Å². The number of rotatable bonds is 4. The number of phenolic OH excluding ortho intramolecular Hbond substituents is 1. The number of para-hydroxylation sites is 1. The Balaban J connectivity index is 1.98. The lowest BCUT2D eigenvalue weighted by atomic mass is 10.1. The van der Waals surface area contributed by atoms with E-state index < -0.39 is 0 Å². The molecule has 0 atom stereocenters. The fourth-order valence-electron chi connectivity index (χ4n) is 2.35. The summed E-state index contributed by atoms with van der Waals surface area (Å²) in [5.41, 5.74) is 1.78. The summed E-state index contributed by atoms with van der Waals surface area (Å²) in [7, 11) is 0. The van der Waals surface area contributed by atoms with E-state index in [2.05, 4.69) is 4.98 Å². The number of phenols is 1. The lowest BCUT2D eigenvalue weighted by molar-refractivity contribution is 0.367. The van der Waals surface area contributed by atoms with E-state index in [1.165, 1.54) is 6.07 Å². The maximum atomic E-state index is 10.1. The third-order valence-corrected chi connectivity index (χ3v) is 4.12. The van der Waals surface area contributed by atoms with Crippen molar-refractivity contribution in [1.82, 2.24) is 4.98 Å². The van der Waals surface area contributed by atoms with Crippen molar-refractivity contribution < 1.29 is 9.84 Å². The van der Waals surface area contributed by atoms with E-state index in [-0.39, 0.29) is 17.4 Å². The Labute approximate surface area is 154 Å². The molecular formula is C19H12Cl2N2O2. The molecular weight excluding hydrogens is 359 g/mol. The van der Waals surface area contributed by atoms with Crippen molar-refractivity contribution >= 4 is 46.3 Å². The molecule has 1 N–H and O–H groups in total. The minimum absolute atomic E-state index is 0.0239. The predicted octanol–water partition coefficient (Wildman–Crippen LogP) is 5.32. The molecule has 0 unspecified atom stereocenters. The Morgan fingerprint density at radius 1 is 1.12 bits per heavy atom. The minimum atomic E-state index is -0.103. The Kier molecular flexibility index (Phi) is 5.08. The number of nitrogens with zero attached hydrogens (tertiary/aromatic N) is 2. The van der Waals surface area contributed by atoms with Crippen LogP contribution in [-0.4, -0.2) is 16.7 Å². The van der Waals surface area contributed by atoms with Crippen molar-refractivity contribution in [2.45, 2.75) is 0 Å². The molecule has 3 rings (SSSR count). The van der Waals surface area contributed by atoms with E-state index in [0.717, 1.165) is 5.56 Å². The number of hydrogen-bond donors (Lipinski definition) is 1. The van der Waals surface area contributed by atoms with Crippen molar-refractivity contribution in [1.29, 1.82) is 5.26 Å². The quantitative estimate of drug-likeness (QED) is 0.674. The van der Waals surface area contributed by atoms with Crippen molar-refractivity contribution in [3.63, 3.8) is 0 Å². The molecule has 0 aliphatic rings. The Morgan fingerprint density at radius 3 is 2.72 bits per heavy atom. The molecule has 0 bridgehead atoms. The van der Waals surface area contributed by atoms with Crippen LogP contribution in [0.3, 0.4) is 0 Å². The Morgan fingerprint density at radius 2 is 1.92 bits per heavy atom. The highest BCUT2D eigenvalue weighted by molar-refractivity contribution is 6.39. The molecule has 0 saturated carbocycles. The van der Waals surface area contributed by atoms with Gasteiger partial charge in [-0.3, -0.25) is 0 Å². The second-order valence-electron chi connectivity index (χ2n) is 5.14. The average molecular weight is 371 g/mol. The van der Waals surface area contributed by atoms with E-state index in [1.807, 2.05) is 30.3 Å². The number of halogens is 2. The lowest BCUT2D eigenvalue weighted by Gasteiger charge is -2.07. The van der Waals surface area contributed by atoms with Crippen LogP contribution in [0, 0.1) is 11.3 Å². The molecule has 0 radical (unpaired) electrons. The molecule has 3 aromatic rings. The summed E-state index contributed by atoms with van der Waals surface area (Å²) in [5.74, 6) is 0.504. The standard InChI is InChI=1S/C19H12Cl2N2O2/c20-15-11-16(21)19(24)18-14(15)8-7-13(23-18)6-5-12-3-1-2-4-17(12)25-10-9-22/h1-8,11,24H,10H2/b6-5+. The first-order chi connectivity index (χ1) is 12.1. The average Bonchev–Trinajstić information content (AvgIpc) is 2.63. The van der Waals surface area contributed by atoms with E-state index in [1.54, 1.807) is 24.3 Å². The van der Waals surface area contributed by atoms with E-state index in [9.17, 15) is 5.11 Å². The first-order valence-electron chi connectivity index (χ1n) is 7.34. The molecule has 0 saturated heterocycles. The normalized spacial score (nSPS) is 10.9. The van der Waals surface area contributed by atoms with Crippen molar-refractivity contribution in [3.8, 4) is 17.6 Å². The fraction of sp³-hybridized carbons (Fsp3) is 0.0526. The molecule has 25 heavy (non-hydrogen) atoms. The van der Waals surface area contributed by atoms with Crippen LogP contribution >= 0.6 is 23.2 Å². The topological polar surface area (TPSA) is 66.1 Å². The van der Waals surface area contributed by atoms with Crippen LogP contribution in [0.15, 0.2) is 42.5 Å². The first kappa shape index (κ1) is 17.1. The van der Waals surface area contributed by atoms with Gasteiger partial charge >= 0.3 is 0 Å². The van der Waals surface area contributed by atoms with Crippen molar-refractivity contribution in [2.24, 2.45) is 0 Å². The van der Waals surface area contributed by atoms with Gasteiger partial charge in [0.1, 0.15) is 17.3 Å². The van der Waals surface area contributed by atoms with Crippen LogP contribution in [0.5, 0.6) is 11.5 Å². The van der Waals surface area contributed by atoms with Gasteiger partial charge in [-0.25, -0.2) is 4.98 Å². The molecule has 1 heterocycles. The van der Waals surface area contributed by atoms with Gasteiger partial charge in [0.15, 0.2) is 12.4 Å². The van der Waals surface area contributed by atoms with Gasteiger partial charge in [-0.2, -0.15) is 5.26 Å². The highest BCUT2D eigenvalue weighted by Crippen LogP contribution is 2.36. The highest BCUT2D eigenvalue weighted by atomic mass is 35.5. The third kappa shape index (κ3) is 3.69. The number of pyridine rings is 1. The Bertz CT molecular complexity index is 1010. The number of aromatic hydroxyl groups is 1. The molecule has 124 valence electrons. The van der Waals surface area contributed by atoms with Crippen LogP contribution in [0.25, 0.3) is 23.1 Å². The summed E-state index contributed by atoms with van der Waals surface area (Å²) in [6.45, 7) is -0.0239. The van der Waals surface area contributed by atoms with Crippen LogP contribution in [0.1, 0.15) is 11.3 Å². The maximum Gasteiger partial charge on any atom is 0.174 e. The number of hydrogen-bond acceptors (Lipinski definition) is 4. The van der Waals surface area contributed by atoms with Crippen LogP contribution in [0.4, 0.5) is 0 Å². The van der Waals surface area contributed by atoms with Gasteiger partial charge in [0.05, 0.1) is 15.7 Å². The monoisotopic (exact) mass is 370 g/mol. The molecule has 2 aromatic carbocycles. The second kappa shape index (κ2) is 7.43. The number of fused-ring (bicyclic) bond motifs is 1. The molecule has 4 nitrogen and oxygen atoms in total. The van der Waals surface area contributed by atoms with Gasteiger partial charge in [-0.15, -0.1) is 0 Å². The summed E-state index contributed by atoms with van der Waals surface area (Å²) in [4.78, 5) is 4.40. The maximum absolute atomic E-state index is 10.1. The highest BCUT2D eigenvalue weighted by Gasteiger charge is 2.10. The number of nitriles is 1. The van der Waals surface area contributed by atoms with E-state index in [0.29, 0.717) is 27.4 Å². The minimum Gasteiger partial charge on any atom is -0.504 e. The molecule has 0 amide bonds. The zero-order chi connectivity index (χ0) is 17.8. The fourth-order valence-corrected chi connectivity index (χ4v) is 2.86. The van der Waals surface area contributed by atoms with Crippen molar-refractivity contribution in [3.05, 3.63) is 63.8 Å². The van der Waals surface area contributed by atoms with Gasteiger partial charge in [-0.1, -0.05) is 41.4 Å². The van der Waals surface area contributed by atoms with Gasteiger partial charge in [0.2, 0.25) is 0 Å². The summed E-state index contributed by atoms with van der Waals surface area (Å²) in [6.07, 6.45) is 3.60. The Hall–Kier alpha value is -2.74. The third-order valence-electron chi connectivity index (χ3n) is 3.52. The van der Waals surface area contributed by atoms with Gasteiger partial charge < -0.3 is 9.84 Å². The van der Waals surface area contributed by atoms with Gasteiger partial charge in [-0.05, 0) is 36.4 Å². The predicted molar refractivity (Wildman–Crippen MR) is 99.9 cm³/mol. The molecule has 0 spiro atoms. The summed E-state index contributed by atoms with van der Waals surface area (Å²) in [5, 5.41) is 20.0. The number of benzene rings is 2. The van der Waals surface area contributed by atoms with Crippen molar-refractivity contribution in [2.75, 3.05) is 6.61 Å². The number of aromatic nitrogens is 1. The van der Waals surface area contributed by atoms with E-state index in [4.69, 9.17) is 33.2 Å².